The lowest BCUT2D eigenvalue weighted by Crippen LogP contribution is -2.21. The van der Waals surface area contributed by atoms with Gasteiger partial charge in [0.2, 0.25) is 0 Å². The van der Waals surface area contributed by atoms with Crippen LogP contribution in [0, 0.1) is 5.82 Å². The van der Waals surface area contributed by atoms with Crippen LogP contribution in [0.2, 0.25) is 0 Å². The highest BCUT2D eigenvalue weighted by Crippen LogP contribution is 2.25. The first-order chi connectivity index (χ1) is 7.78. The van der Waals surface area contributed by atoms with Crippen LogP contribution in [-0.2, 0) is 0 Å². The van der Waals surface area contributed by atoms with Crippen molar-refractivity contribution in [1.29, 1.82) is 0 Å². The van der Waals surface area contributed by atoms with E-state index in [0.717, 1.165) is 18.2 Å². The lowest BCUT2D eigenvalue weighted by atomic mass is 10.2. The smallest absolute Gasteiger partial charge is 0.512 e. The van der Waals surface area contributed by atoms with E-state index in [1.807, 2.05) is 0 Å². The topological polar surface area (TPSA) is 58.9 Å². The van der Waals surface area contributed by atoms with Gasteiger partial charge in [0.25, 0.3) is 0 Å². The van der Waals surface area contributed by atoms with Gasteiger partial charge in [0.15, 0.2) is 18.2 Å². The molecule has 0 saturated heterocycles. The van der Waals surface area contributed by atoms with Crippen molar-refractivity contribution in [3.05, 3.63) is 24.0 Å². The van der Waals surface area contributed by atoms with Crippen molar-refractivity contribution in [2.75, 3.05) is 6.61 Å². The molecule has 0 heterocycles. The van der Waals surface area contributed by atoms with Gasteiger partial charge >= 0.3 is 13.5 Å². The molecule has 0 bridgehead atoms. The first-order valence-corrected chi connectivity index (χ1v) is 4.30. The predicted octanol–water partition coefficient (Wildman–Crippen LogP) is 1.12. The van der Waals surface area contributed by atoms with Crippen molar-refractivity contribution >= 4 is 7.32 Å². The van der Waals surface area contributed by atoms with Gasteiger partial charge in [-0.2, -0.15) is 13.2 Å². The van der Waals surface area contributed by atoms with Crippen LogP contribution in [0.5, 0.6) is 11.5 Å². The van der Waals surface area contributed by atoms with Gasteiger partial charge in [0, 0.05) is 6.07 Å². The molecule has 2 N–H and O–H groups in total. The molecule has 0 aliphatic rings. The molecule has 0 unspecified atom stereocenters. The maximum atomic E-state index is 13.0. The van der Waals surface area contributed by atoms with Crippen molar-refractivity contribution in [2.45, 2.75) is 6.18 Å². The second-order valence-electron chi connectivity index (χ2n) is 2.94. The fourth-order valence-electron chi connectivity index (χ4n) is 0.949. The van der Waals surface area contributed by atoms with Gasteiger partial charge < -0.3 is 19.4 Å². The van der Waals surface area contributed by atoms with E-state index in [-0.39, 0.29) is 5.75 Å². The Morgan fingerprint density at radius 2 is 1.88 bits per heavy atom. The number of halogens is 4. The average Bonchev–Trinajstić information content (AvgIpc) is 2.17. The second kappa shape index (κ2) is 5.24. The van der Waals surface area contributed by atoms with Crippen LogP contribution >= 0.6 is 0 Å². The number of rotatable bonds is 4. The number of ether oxygens (including phenoxy) is 1. The molecule has 0 aliphatic carbocycles. The molecule has 17 heavy (non-hydrogen) atoms. The molecular formula is C8H7BF4O4. The Kier molecular flexibility index (Phi) is 4.19. The van der Waals surface area contributed by atoms with Crippen LogP contribution in [0.1, 0.15) is 0 Å². The summed E-state index contributed by atoms with van der Waals surface area (Å²) >= 11 is 0. The third kappa shape index (κ3) is 4.92. The molecule has 0 atom stereocenters. The summed E-state index contributed by atoms with van der Waals surface area (Å²) in [6.45, 7) is -1.66. The maximum Gasteiger partial charge on any atom is 0.707 e. The maximum absolute atomic E-state index is 13.0. The Bertz CT molecular complexity index is 382. The third-order valence-corrected chi connectivity index (χ3v) is 1.54. The molecule has 94 valence electrons. The van der Waals surface area contributed by atoms with Crippen LogP contribution in [0.3, 0.4) is 0 Å². The predicted molar refractivity (Wildman–Crippen MR) is 48.8 cm³/mol. The van der Waals surface area contributed by atoms with Crippen LogP contribution in [0.25, 0.3) is 0 Å². The molecule has 0 amide bonds. The highest BCUT2D eigenvalue weighted by Gasteiger charge is 2.29. The molecule has 0 aromatic heterocycles. The minimum absolute atomic E-state index is 0.237. The Hall–Kier alpha value is -1.48. The van der Waals surface area contributed by atoms with E-state index in [1.54, 1.807) is 0 Å². The van der Waals surface area contributed by atoms with E-state index in [9.17, 15) is 17.6 Å². The van der Waals surface area contributed by atoms with Crippen molar-refractivity contribution in [3.63, 3.8) is 0 Å². The zero-order valence-electron chi connectivity index (χ0n) is 8.24. The molecule has 1 aromatic rings. The zero-order valence-corrected chi connectivity index (χ0v) is 8.24. The van der Waals surface area contributed by atoms with E-state index >= 15 is 0 Å². The van der Waals surface area contributed by atoms with E-state index < -0.39 is 31.7 Å². The minimum atomic E-state index is -4.60. The fourth-order valence-corrected chi connectivity index (χ4v) is 0.949. The molecule has 0 radical (unpaired) electrons. The summed E-state index contributed by atoms with van der Waals surface area (Å²) in [5.41, 5.74) is 0. The average molecular weight is 254 g/mol. The van der Waals surface area contributed by atoms with E-state index in [2.05, 4.69) is 9.39 Å². The van der Waals surface area contributed by atoms with E-state index in [0.29, 0.717) is 0 Å². The van der Waals surface area contributed by atoms with Gasteiger partial charge in [0.1, 0.15) is 5.75 Å². The van der Waals surface area contributed by atoms with Crippen molar-refractivity contribution in [3.8, 4) is 11.5 Å². The Labute approximate surface area is 93.6 Å². The van der Waals surface area contributed by atoms with Crippen LogP contribution in [-0.4, -0.2) is 30.2 Å². The standard InChI is InChI=1S/C8H7BF4O4/c10-6-2-1-5(17-9(14)15)3-7(6)16-4-8(11,12)13/h1-3,14-15H,4H2. The van der Waals surface area contributed by atoms with Gasteiger partial charge in [-0.3, -0.25) is 0 Å². The van der Waals surface area contributed by atoms with Gasteiger partial charge in [-0.25, -0.2) is 4.39 Å². The van der Waals surface area contributed by atoms with Gasteiger partial charge in [-0.1, -0.05) is 0 Å². The molecule has 0 spiro atoms. The molecule has 1 aromatic carbocycles. The second-order valence-corrected chi connectivity index (χ2v) is 2.94. The molecule has 4 nitrogen and oxygen atoms in total. The molecule has 0 fully saturated rings. The number of benzene rings is 1. The summed E-state index contributed by atoms with van der Waals surface area (Å²) < 4.78 is 57.0. The van der Waals surface area contributed by atoms with Crippen LogP contribution in [0.4, 0.5) is 17.6 Å². The van der Waals surface area contributed by atoms with Crippen LogP contribution < -0.4 is 9.39 Å². The van der Waals surface area contributed by atoms with E-state index in [4.69, 9.17) is 10.0 Å². The Balaban J connectivity index is 2.76. The zero-order chi connectivity index (χ0) is 13.1. The molecule has 1 rings (SSSR count). The lowest BCUT2D eigenvalue weighted by Gasteiger charge is -2.11. The van der Waals surface area contributed by atoms with Crippen molar-refractivity contribution < 1.29 is 37.0 Å². The Morgan fingerprint density at radius 1 is 1.24 bits per heavy atom. The van der Waals surface area contributed by atoms with Crippen molar-refractivity contribution in [2.24, 2.45) is 0 Å². The summed E-state index contributed by atoms with van der Waals surface area (Å²) in [4.78, 5) is 0. The number of hydrogen-bond donors (Lipinski definition) is 2. The molecular weight excluding hydrogens is 247 g/mol. The fraction of sp³-hybridized carbons (Fsp3) is 0.250. The largest absolute Gasteiger partial charge is 0.707 e. The normalized spacial score (nSPS) is 11.2. The molecule has 0 saturated carbocycles. The Morgan fingerprint density at radius 3 is 2.41 bits per heavy atom. The minimum Gasteiger partial charge on any atom is -0.512 e. The summed E-state index contributed by atoms with van der Waals surface area (Å²) in [6.07, 6.45) is -4.60. The molecule has 9 heteroatoms. The van der Waals surface area contributed by atoms with E-state index in [1.165, 1.54) is 0 Å². The van der Waals surface area contributed by atoms with Gasteiger partial charge in [-0.05, 0) is 12.1 Å². The SMILES string of the molecule is OB(O)Oc1ccc(F)c(OCC(F)(F)F)c1. The lowest BCUT2D eigenvalue weighted by molar-refractivity contribution is -0.153. The third-order valence-electron chi connectivity index (χ3n) is 1.54. The highest BCUT2D eigenvalue weighted by molar-refractivity contribution is 6.33. The first-order valence-electron chi connectivity index (χ1n) is 4.30. The summed E-state index contributed by atoms with van der Waals surface area (Å²) in [6, 6.07) is 2.57. The van der Waals surface area contributed by atoms with Gasteiger partial charge in [0.05, 0.1) is 0 Å². The van der Waals surface area contributed by atoms with Crippen LogP contribution in [0.15, 0.2) is 18.2 Å². The summed E-state index contributed by atoms with van der Waals surface area (Å²) in [7, 11) is -2.16. The van der Waals surface area contributed by atoms with Crippen molar-refractivity contribution in [1.82, 2.24) is 0 Å². The molecule has 0 aliphatic heterocycles. The quantitative estimate of drug-likeness (QED) is 0.624. The highest BCUT2D eigenvalue weighted by atomic mass is 19.4. The first kappa shape index (κ1) is 13.6. The monoisotopic (exact) mass is 254 g/mol. The summed E-state index contributed by atoms with van der Waals surface area (Å²) in [5, 5.41) is 16.9. The summed E-state index contributed by atoms with van der Waals surface area (Å²) in [5.74, 6) is -1.95. The number of hydrogen-bond acceptors (Lipinski definition) is 4. The van der Waals surface area contributed by atoms with Gasteiger partial charge in [-0.15, -0.1) is 0 Å². The number of alkyl halides is 3.